The van der Waals surface area contributed by atoms with Crippen LogP contribution in [-0.2, 0) is 9.59 Å². The van der Waals surface area contributed by atoms with Crippen molar-refractivity contribution in [3.8, 4) is 5.75 Å². The third-order valence-corrected chi connectivity index (χ3v) is 3.77. The van der Waals surface area contributed by atoms with E-state index in [2.05, 4.69) is 10.6 Å². The molecule has 0 bridgehead atoms. The van der Waals surface area contributed by atoms with Crippen LogP contribution in [0.15, 0.2) is 48.5 Å². The summed E-state index contributed by atoms with van der Waals surface area (Å²) in [4.78, 5) is 25.0. The van der Waals surface area contributed by atoms with Gasteiger partial charge in [0.25, 0.3) is 0 Å². The zero-order valence-corrected chi connectivity index (χ0v) is 14.3. The highest BCUT2D eigenvalue weighted by Gasteiger charge is 2.36. The second-order valence-electron chi connectivity index (χ2n) is 6.13. The highest BCUT2D eigenvalue weighted by Crippen LogP contribution is 2.23. The number of anilines is 2. The fourth-order valence-electron chi connectivity index (χ4n) is 2.02. The number of amides is 2. The van der Waals surface area contributed by atoms with Crippen molar-refractivity contribution in [2.75, 3.05) is 17.7 Å². The molecular weight excluding hydrogens is 304 g/mol. The van der Waals surface area contributed by atoms with Crippen LogP contribution in [0, 0.1) is 12.3 Å². The van der Waals surface area contributed by atoms with E-state index in [1.807, 2.05) is 31.2 Å². The molecule has 0 aliphatic carbocycles. The summed E-state index contributed by atoms with van der Waals surface area (Å²) in [5.41, 5.74) is 1.11. The minimum atomic E-state index is -1.23. The molecular formula is C19H22N2O3. The summed E-state index contributed by atoms with van der Waals surface area (Å²) in [6, 6.07) is 14.4. The standard InChI is InChI=1S/C19H22N2O3/c1-13-8-10-14(11-9-13)20-17(22)19(2,3)18(23)21-15-6-5-7-16(12-15)24-4/h5-12H,1-4H3,(H,20,22)(H,21,23). The molecule has 0 saturated carbocycles. The van der Waals surface area contributed by atoms with Crippen molar-refractivity contribution in [2.24, 2.45) is 5.41 Å². The molecule has 0 unspecified atom stereocenters. The van der Waals surface area contributed by atoms with Crippen LogP contribution in [0.25, 0.3) is 0 Å². The normalized spacial score (nSPS) is 10.8. The average Bonchev–Trinajstić information content (AvgIpc) is 2.57. The number of ether oxygens (including phenoxy) is 1. The molecule has 0 heterocycles. The SMILES string of the molecule is COc1cccc(NC(=O)C(C)(C)C(=O)Nc2ccc(C)cc2)c1. The van der Waals surface area contributed by atoms with E-state index in [-0.39, 0.29) is 11.8 Å². The smallest absolute Gasteiger partial charge is 0.239 e. The van der Waals surface area contributed by atoms with E-state index in [9.17, 15) is 9.59 Å². The number of rotatable bonds is 5. The highest BCUT2D eigenvalue weighted by atomic mass is 16.5. The first kappa shape index (κ1) is 17.5. The van der Waals surface area contributed by atoms with Crippen LogP contribution in [0.1, 0.15) is 19.4 Å². The molecule has 5 nitrogen and oxygen atoms in total. The summed E-state index contributed by atoms with van der Waals surface area (Å²) in [6.45, 7) is 5.15. The first-order valence-corrected chi connectivity index (χ1v) is 7.66. The number of carbonyl (C=O) groups is 2. The maximum Gasteiger partial charge on any atom is 0.239 e. The number of hydrogen-bond acceptors (Lipinski definition) is 3. The molecule has 2 N–H and O–H groups in total. The van der Waals surface area contributed by atoms with Gasteiger partial charge in [0.05, 0.1) is 7.11 Å². The molecule has 24 heavy (non-hydrogen) atoms. The van der Waals surface area contributed by atoms with Gasteiger partial charge in [0, 0.05) is 17.4 Å². The molecule has 0 aliphatic rings. The van der Waals surface area contributed by atoms with Crippen molar-refractivity contribution in [2.45, 2.75) is 20.8 Å². The number of aryl methyl sites for hydroxylation is 1. The summed E-state index contributed by atoms with van der Waals surface area (Å²) in [6.07, 6.45) is 0. The van der Waals surface area contributed by atoms with E-state index in [1.54, 1.807) is 45.2 Å². The van der Waals surface area contributed by atoms with E-state index in [0.29, 0.717) is 17.1 Å². The van der Waals surface area contributed by atoms with Crippen LogP contribution < -0.4 is 15.4 Å². The fourth-order valence-corrected chi connectivity index (χ4v) is 2.02. The lowest BCUT2D eigenvalue weighted by atomic mass is 9.90. The van der Waals surface area contributed by atoms with Crippen LogP contribution in [0.4, 0.5) is 11.4 Å². The van der Waals surface area contributed by atoms with Gasteiger partial charge in [0.15, 0.2) is 0 Å². The Morgan fingerprint density at radius 2 is 1.50 bits per heavy atom. The Hall–Kier alpha value is -2.82. The molecule has 0 radical (unpaired) electrons. The Bertz CT molecular complexity index is 737. The Labute approximate surface area is 142 Å². The van der Waals surface area contributed by atoms with Gasteiger partial charge in [-0.15, -0.1) is 0 Å². The van der Waals surface area contributed by atoms with E-state index in [4.69, 9.17) is 4.74 Å². The van der Waals surface area contributed by atoms with Crippen LogP contribution >= 0.6 is 0 Å². The largest absolute Gasteiger partial charge is 0.497 e. The molecule has 0 aromatic heterocycles. The summed E-state index contributed by atoms with van der Waals surface area (Å²) in [7, 11) is 1.56. The second-order valence-corrected chi connectivity index (χ2v) is 6.13. The molecule has 0 atom stereocenters. The van der Waals surface area contributed by atoms with E-state index >= 15 is 0 Å². The van der Waals surface area contributed by atoms with Gasteiger partial charge in [-0.3, -0.25) is 9.59 Å². The monoisotopic (exact) mass is 326 g/mol. The first-order chi connectivity index (χ1) is 11.3. The lowest BCUT2D eigenvalue weighted by Crippen LogP contribution is -2.41. The van der Waals surface area contributed by atoms with Crippen LogP contribution in [0.3, 0.4) is 0 Å². The number of carbonyl (C=O) groups excluding carboxylic acids is 2. The van der Waals surface area contributed by atoms with Crippen molar-refractivity contribution >= 4 is 23.2 Å². The zero-order valence-electron chi connectivity index (χ0n) is 14.3. The molecule has 0 spiro atoms. The Morgan fingerprint density at radius 3 is 2.08 bits per heavy atom. The van der Waals surface area contributed by atoms with Crippen LogP contribution in [0.5, 0.6) is 5.75 Å². The number of methoxy groups -OCH3 is 1. The third-order valence-electron chi connectivity index (χ3n) is 3.77. The summed E-state index contributed by atoms with van der Waals surface area (Å²) >= 11 is 0. The fraction of sp³-hybridized carbons (Fsp3) is 0.263. The summed E-state index contributed by atoms with van der Waals surface area (Å²) < 4.78 is 5.13. The minimum absolute atomic E-state index is 0.369. The molecule has 2 aromatic carbocycles. The maximum absolute atomic E-state index is 12.5. The Kier molecular flexibility index (Phi) is 5.24. The van der Waals surface area contributed by atoms with Crippen molar-refractivity contribution in [1.82, 2.24) is 0 Å². The molecule has 2 aromatic rings. The lowest BCUT2D eigenvalue weighted by Gasteiger charge is -2.23. The van der Waals surface area contributed by atoms with E-state index < -0.39 is 5.41 Å². The van der Waals surface area contributed by atoms with Crippen molar-refractivity contribution < 1.29 is 14.3 Å². The third kappa shape index (κ3) is 4.13. The van der Waals surface area contributed by atoms with Gasteiger partial charge in [0.2, 0.25) is 11.8 Å². The van der Waals surface area contributed by atoms with Crippen molar-refractivity contribution in [3.63, 3.8) is 0 Å². The zero-order chi connectivity index (χ0) is 17.7. The molecule has 0 fully saturated rings. The van der Waals surface area contributed by atoms with Crippen LogP contribution in [-0.4, -0.2) is 18.9 Å². The summed E-state index contributed by atoms with van der Waals surface area (Å²) in [5.74, 6) is -0.123. The Balaban J connectivity index is 2.08. The van der Waals surface area contributed by atoms with Gasteiger partial charge in [0.1, 0.15) is 11.2 Å². The lowest BCUT2D eigenvalue weighted by molar-refractivity contribution is -0.135. The van der Waals surface area contributed by atoms with Crippen molar-refractivity contribution in [1.29, 1.82) is 0 Å². The predicted molar refractivity (Wildman–Crippen MR) is 95.2 cm³/mol. The maximum atomic E-state index is 12.5. The van der Waals surface area contributed by atoms with Gasteiger partial charge in [-0.25, -0.2) is 0 Å². The van der Waals surface area contributed by atoms with E-state index in [1.165, 1.54) is 0 Å². The number of nitrogens with one attached hydrogen (secondary N) is 2. The quantitative estimate of drug-likeness (QED) is 0.825. The molecule has 0 saturated heterocycles. The van der Waals surface area contributed by atoms with Gasteiger partial charge in [-0.1, -0.05) is 23.8 Å². The van der Waals surface area contributed by atoms with Gasteiger partial charge >= 0.3 is 0 Å². The Morgan fingerprint density at radius 1 is 0.917 bits per heavy atom. The van der Waals surface area contributed by atoms with Gasteiger partial charge in [-0.2, -0.15) is 0 Å². The summed E-state index contributed by atoms with van der Waals surface area (Å²) in [5, 5.41) is 5.53. The highest BCUT2D eigenvalue weighted by molar-refractivity contribution is 6.14. The first-order valence-electron chi connectivity index (χ1n) is 7.66. The van der Waals surface area contributed by atoms with Crippen LogP contribution in [0.2, 0.25) is 0 Å². The predicted octanol–water partition coefficient (Wildman–Crippen LogP) is 3.61. The molecule has 2 rings (SSSR count). The minimum Gasteiger partial charge on any atom is -0.497 e. The topological polar surface area (TPSA) is 67.4 Å². The molecule has 0 aliphatic heterocycles. The second kappa shape index (κ2) is 7.17. The van der Waals surface area contributed by atoms with Gasteiger partial charge in [-0.05, 0) is 45.0 Å². The average molecular weight is 326 g/mol. The molecule has 2 amide bonds. The molecule has 126 valence electrons. The molecule has 5 heteroatoms. The van der Waals surface area contributed by atoms with Crippen molar-refractivity contribution in [3.05, 3.63) is 54.1 Å². The van der Waals surface area contributed by atoms with E-state index in [0.717, 1.165) is 5.56 Å². The number of hydrogen-bond donors (Lipinski definition) is 2. The van der Waals surface area contributed by atoms with Gasteiger partial charge < -0.3 is 15.4 Å². The number of benzene rings is 2.